The van der Waals surface area contributed by atoms with Crippen molar-refractivity contribution in [2.45, 2.75) is 0 Å². The van der Waals surface area contributed by atoms with Gasteiger partial charge in [-0.3, -0.25) is 0 Å². The van der Waals surface area contributed by atoms with Gasteiger partial charge in [0.05, 0.1) is 0 Å². The molecule has 1 N–H and O–H groups in total. The first-order chi connectivity index (χ1) is 8.36. The van der Waals surface area contributed by atoms with Gasteiger partial charge in [-0.15, -0.1) is 0 Å². The van der Waals surface area contributed by atoms with Gasteiger partial charge < -0.3 is 14.5 Å². The number of hydrogen-bond acceptors (Lipinski definition) is 3. The van der Waals surface area contributed by atoms with Gasteiger partial charge >= 0.3 is 0 Å². The van der Waals surface area contributed by atoms with Crippen molar-refractivity contribution in [2.75, 3.05) is 13.2 Å². The number of aromatic amines is 1. The van der Waals surface area contributed by atoms with E-state index in [1.807, 2.05) is 30.5 Å². The van der Waals surface area contributed by atoms with Crippen molar-refractivity contribution >= 4 is 0 Å². The lowest BCUT2D eigenvalue weighted by molar-refractivity contribution is 0.171. The van der Waals surface area contributed by atoms with Crippen LogP contribution < -0.4 is 9.47 Å². The van der Waals surface area contributed by atoms with E-state index in [0.717, 1.165) is 22.6 Å². The van der Waals surface area contributed by atoms with E-state index in [1.165, 1.54) is 0 Å². The van der Waals surface area contributed by atoms with Crippen LogP contribution in [-0.2, 0) is 0 Å². The molecular weight excluding hydrogens is 216 g/mol. The zero-order valence-electron chi connectivity index (χ0n) is 9.06. The Morgan fingerprint density at radius 3 is 2.65 bits per heavy atom. The lowest BCUT2D eigenvalue weighted by Crippen LogP contribution is -2.15. The molecule has 0 atom stereocenters. The molecule has 0 unspecified atom stereocenters. The van der Waals surface area contributed by atoms with E-state index in [1.54, 1.807) is 0 Å². The van der Waals surface area contributed by atoms with E-state index in [0.29, 0.717) is 18.9 Å². The number of ether oxygens (including phenoxy) is 2. The summed E-state index contributed by atoms with van der Waals surface area (Å²) in [5.41, 5.74) is 2.53. The van der Waals surface area contributed by atoms with Crippen LogP contribution in [0.15, 0.2) is 30.5 Å². The maximum absolute atomic E-state index is 8.76. The van der Waals surface area contributed by atoms with Crippen LogP contribution >= 0.6 is 0 Å². The monoisotopic (exact) mass is 226 g/mol. The second-order valence-corrected chi connectivity index (χ2v) is 3.77. The van der Waals surface area contributed by atoms with Gasteiger partial charge in [-0.1, -0.05) is 6.07 Å². The Hall–Kier alpha value is -2.41. The number of nitrogens with zero attached hydrogens (tertiary/aromatic N) is 1. The van der Waals surface area contributed by atoms with E-state index in [-0.39, 0.29) is 0 Å². The lowest BCUT2D eigenvalue weighted by Gasteiger charge is -2.18. The molecule has 1 aromatic heterocycles. The molecule has 0 saturated heterocycles. The maximum atomic E-state index is 8.76. The molecule has 0 amide bonds. The Kier molecular flexibility index (Phi) is 2.23. The Morgan fingerprint density at radius 1 is 1.06 bits per heavy atom. The summed E-state index contributed by atoms with van der Waals surface area (Å²) in [5, 5.41) is 8.76. The quantitative estimate of drug-likeness (QED) is 0.811. The van der Waals surface area contributed by atoms with Crippen molar-refractivity contribution < 1.29 is 9.47 Å². The van der Waals surface area contributed by atoms with E-state index in [2.05, 4.69) is 11.1 Å². The molecule has 0 aliphatic carbocycles. The van der Waals surface area contributed by atoms with Crippen LogP contribution in [0.2, 0.25) is 0 Å². The third-order valence-corrected chi connectivity index (χ3v) is 2.68. The van der Waals surface area contributed by atoms with Gasteiger partial charge in [-0.05, 0) is 23.8 Å². The molecule has 0 spiro atoms. The number of aromatic nitrogens is 1. The highest BCUT2D eigenvalue weighted by Gasteiger charge is 2.12. The number of nitriles is 1. The van der Waals surface area contributed by atoms with Crippen LogP contribution in [0.3, 0.4) is 0 Å². The van der Waals surface area contributed by atoms with Crippen molar-refractivity contribution in [1.82, 2.24) is 4.98 Å². The highest BCUT2D eigenvalue weighted by molar-refractivity contribution is 5.68. The van der Waals surface area contributed by atoms with E-state index in [4.69, 9.17) is 14.7 Å². The third kappa shape index (κ3) is 1.72. The molecule has 2 heterocycles. The van der Waals surface area contributed by atoms with Gasteiger partial charge in [0.15, 0.2) is 11.5 Å². The van der Waals surface area contributed by atoms with Crippen molar-refractivity contribution in [3.8, 4) is 28.7 Å². The second-order valence-electron chi connectivity index (χ2n) is 3.77. The third-order valence-electron chi connectivity index (χ3n) is 2.68. The average molecular weight is 226 g/mol. The van der Waals surface area contributed by atoms with Crippen molar-refractivity contribution in [1.29, 1.82) is 5.26 Å². The summed E-state index contributed by atoms with van der Waals surface area (Å²) in [5.74, 6) is 1.53. The van der Waals surface area contributed by atoms with Crippen molar-refractivity contribution in [2.24, 2.45) is 0 Å². The minimum absolute atomic E-state index is 0.551. The van der Waals surface area contributed by atoms with Crippen LogP contribution in [-0.4, -0.2) is 18.2 Å². The number of hydrogen-bond donors (Lipinski definition) is 1. The van der Waals surface area contributed by atoms with Gasteiger partial charge in [0.25, 0.3) is 0 Å². The topological polar surface area (TPSA) is 58.0 Å². The van der Waals surface area contributed by atoms with Crippen molar-refractivity contribution in [3.05, 3.63) is 36.2 Å². The lowest BCUT2D eigenvalue weighted by atomic mass is 10.1. The zero-order chi connectivity index (χ0) is 11.7. The van der Waals surface area contributed by atoms with Crippen LogP contribution in [0, 0.1) is 11.3 Å². The number of rotatable bonds is 1. The Balaban J connectivity index is 2.01. The number of nitrogens with one attached hydrogen (secondary N) is 1. The van der Waals surface area contributed by atoms with E-state index in [9.17, 15) is 0 Å². The Morgan fingerprint density at radius 2 is 1.88 bits per heavy atom. The fourth-order valence-corrected chi connectivity index (χ4v) is 1.85. The summed E-state index contributed by atoms with van der Waals surface area (Å²) in [6.45, 7) is 1.17. The van der Waals surface area contributed by atoms with Crippen LogP contribution in [0.25, 0.3) is 11.1 Å². The molecule has 0 saturated carbocycles. The Labute approximate surface area is 98.4 Å². The van der Waals surface area contributed by atoms with Gasteiger partial charge in [-0.2, -0.15) is 5.26 Å². The first kappa shape index (κ1) is 9.79. The minimum Gasteiger partial charge on any atom is -0.486 e. The fourth-order valence-electron chi connectivity index (χ4n) is 1.85. The van der Waals surface area contributed by atoms with Gasteiger partial charge in [0, 0.05) is 11.8 Å². The molecule has 3 rings (SSSR count). The van der Waals surface area contributed by atoms with Crippen molar-refractivity contribution in [3.63, 3.8) is 0 Å². The van der Waals surface area contributed by atoms with E-state index < -0.39 is 0 Å². The molecule has 17 heavy (non-hydrogen) atoms. The molecule has 84 valence electrons. The molecule has 0 bridgehead atoms. The summed E-state index contributed by atoms with van der Waals surface area (Å²) < 4.78 is 11.0. The molecule has 4 heteroatoms. The van der Waals surface area contributed by atoms with Gasteiger partial charge in [-0.25, -0.2) is 0 Å². The standard InChI is InChI=1S/C13H10N2O2/c14-7-11-5-10(8-15-11)9-1-2-12-13(6-9)17-4-3-16-12/h1-2,5-6,8,15H,3-4H2. The van der Waals surface area contributed by atoms with Gasteiger partial charge in [0.1, 0.15) is 25.0 Å². The fraction of sp³-hybridized carbons (Fsp3) is 0.154. The molecule has 0 radical (unpaired) electrons. The Bertz CT molecular complexity index is 596. The first-order valence-electron chi connectivity index (χ1n) is 5.35. The highest BCUT2D eigenvalue weighted by atomic mass is 16.6. The average Bonchev–Trinajstić information content (AvgIpc) is 2.87. The van der Waals surface area contributed by atoms with Crippen LogP contribution in [0.1, 0.15) is 5.69 Å². The molecule has 0 fully saturated rings. The number of benzene rings is 1. The predicted molar refractivity (Wildman–Crippen MR) is 61.9 cm³/mol. The molecule has 2 aromatic rings. The highest BCUT2D eigenvalue weighted by Crippen LogP contribution is 2.34. The predicted octanol–water partition coefficient (Wildman–Crippen LogP) is 2.32. The largest absolute Gasteiger partial charge is 0.486 e. The smallest absolute Gasteiger partial charge is 0.161 e. The molecule has 4 nitrogen and oxygen atoms in total. The number of fused-ring (bicyclic) bond motifs is 1. The SMILES string of the molecule is N#Cc1cc(-c2ccc3c(c2)OCCO3)c[nH]1. The molecule has 1 aromatic carbocycles. The van der Waals surface area contributed by atoms with Gasteiger partial charge in [0.2, 0.25) is 0 Å². The molecule has 1 aliphatic heterocycles. The normalized spacial score (nSPS) is 13.1. The summed E-state index contributed by atoms with van der Waals surface area (Å²) >= 11 is 0. The summed E-state index contributed by atoms with van der Waals surface area (Å²) in [6.07, 6.45) is 1.81. The summed E-state index contributed by atoms with van der Waals surface area (Å²) in [7, 11) is 0. The first-order valence-corrected chi connectivity index (χ1v) is 5.35. The minimum atomic E-state index is 0.551. The van der Waals surface area contributed by atoms with Crippen LogP contribution in [0.4, 0.5) is 0 Å². The summed E-state index contributed by atoms with van der Waals surface area (Å²) in [4.78, 5) is 2.90. The summed E-state index contributed by atoms with van der Waals surface area (Å²) in [6, 6.07) is 9.66. The maximum Gasteiger partial charge on any atom is 0.161 e. The van der Waals surface area contributed by atoms with E-state index >= 15 is 0 Å². The second kappa shape index (κ2) is 3.87. The van der Waals surface area contributed by atoms with Crippen LogP contribution in [0.5, 0.6) is 11.5 Å². The molecular formula is C13H10N2O2. The zero-order valence-corrected chi connectivity index (χ0v) is 9.06. The molecule has 1 aliphatic rings. The number of H-pyrrole nitrogens is 1.